The molecule has 0 fully saturated rings. The van der Waals surface area contributed by atoms with E-state index in [-0.39, 0.29) is 24.1 Å². The van der Waals surface area contributed by atoms with Crippen molar-refractivity contribution < 1.29 is 32.6 Å². The van der Waals surface area contributed by atoms with Gasteiger partial charge in [-0.05, 0) is 51.1 Å². The standard InChI is InChI=1S/C19H22Cl2NO7P/c1-4-26-30(24,27-5-2)12-25-19(23)13(3)28-15-6-8-16(9-7-15)29-18-17(21)10-14(20)11-22-18/h6-11,13H,4-5,12H2,1-3H3. The minimum absolute atomic E-state index is 0.173. The van der Waals surface area contributed by atoms with E-state index >= 15 is 0 Å². The van der Waals surface area contributed by atoms with Gasteiger partial charge in [0.25, 0.3) is 0 Å². The van der Waals surface area contributed by atoms with Crippen LogP contribution in [0.5, 0.6) is 17.4 Å². The van der Waals surface area contributed by atoms with E-state index in [1.165, 1.54) is 19.2 Å². The van der Waals surface area contributed by atoms with Gasteiger partial charge < -0.3 is 23.3 Å². The third-order valence-electron chi connectivity index (χ3n) is 3.47. The number of halogens is 2. The molecule has 2 aromatic rings. The quantitative estimate of drug-likeness (QED) is 0.299. The Morgan fingerprint density at radius 2 is 1.70 bits per heavy atom. The number of hydrogen-bond acceptors (Lipinski definition) is 8. The fraction of sp³-hybridized carbons (Fsp3) is 0.368. The van der Waals surface area contributed by atoms with E-state index in [9.17, 15) is 9.36 Å². The Bertz CT molecular complexity index is 885. The molecule has 8 nitrogen and oxygen atoms in total. The van der Waals surface area contributed by atoms with Crippen molar-refractivity contribution in [3.8, 4) is 17.4 Å². The van der Waals surface area contributed by atoms with Crippen LogP contribution in [-0.2, 0) is 23.1 Å². The molecule has 0 radical (unpaired) electrons. The Morgan fingerprint density at radius 1 is 1.10 bits per heavy atom. The van der Waals surface area contributed by atoms with Crippen LogP contribution >= 0.6 is 30.8 Å². The lowest BCUT2D eigenvalue weighted by Crippen LogP contribution is -2.26. The maximum Gasteiger partial charge on any atom is 0.367 e. The van der Waals surface area contributed by atoms with E-state index in [0.29, 0.717) is 16.5 Å². The number of carbonyl (C=O) groups excluding carboxylic acids is 1. The average molecular weight is 478 g/mol. The first-order chi connectivity index (χ1) is 14.3. The van der Waals surface area contributed by atoms with Crippen molar-refractivity contribution in [3.05, 3.63) is 46.6 Å². The highest BCUT2D eigenvalue weighted by Crippen LogP contribution is 2.47. The van der Waals surface area contributed by atoms with E-state index in [1.807, 2.05) is 0 Å². The van der Waals surface area contributed by atoms with Gasteiger partial charge in [0.15, 0.2) is 12.5 Å². The van der Waals surface area contributed by atoms with Gasteiger partial charge in [0.2, 0.25) is 5.88 Å². The fourth-order valence-corrected chi connectivity index (χ4v) is 3.91. The van der Waals surface area contributed by atoms with Gasteiger partial charge in [0, 0.05) is 6.20 Å². The lowest BCUT2D eigenvalue weighted by molar-refractivity contribution is -0.149. The topological polar surface area (TPSA) is 93.2 Å². The Morgan fingerprint density at radius 3 is 2.27 bits per heavy atom. The van der Waals surface area contributed by atoms with E-state index in [0.717, 1.165) is 0 Å². The molecule has 0 aliphatic rings. The first-order valence-corrected chi connectivity index (χ1v) is 11.5. The molecule has 1 unspecified atom stereocenters. The molecule has 0 amide bonds. The number of carbonyl (C=O) groups is 1. The Kier molecular flexibility index (Phi) is 9.39. The summed E-state index contributed by atoms with van der Waals surface area (Å²) in [6.45, 7) is 5.20. The highest BCUT2D eigenvalue weighted by molar-refractivity contribution is 7.53. The van der Waals surface area contributed by atoms with Crippen LogP contribution in [-0.4, -0.2) is 36.6 Å². The average Bonchev–Trinajstić information content (AvgIpc) is 2.70. The predicted octanol–water partition coefficient (Wildman–Crippen LogP) is 5.71. The minimum Gasteiger partial charge on any atom is -0.479 e. The minimum atomic E-state index is -3.48. The van der Waals surface area contributed by atoms with Gasteiger partial charge in [0.05, 0.1) is 18.2 Å². The summed E-state index contributed by atoms with van der Waals surface area (Å²) < 4.78 is 38.6. The first kappa shape index (κ1) is 24.4. The summed E-state index contributed by atoms with van der Waals surface area (Å²) in [4.78, 5) is 16.1. The van der Waals surface area contributed by atoms with Crippen LogP contribution in [0.2, 0.25) is 10.0 Å². The summed E-state index contributed by atoms with van der Waals surface area (Å²) >= 11 is 11.8. The molecule has 1 aromatic heterocycles. The van der Waals surface area contributed by atoms with Crippen molar-refractivity contribution >= 4 is 36.8 Å². The molecule has 1 atom stereocenters. The van der Waals surface area contributed by atoms with E-state index in [1.54, 1.807) is 38.1 Å². The number of hydrogen-bond donors (Lipinski definition) is 0. The highest BCUT2D eigenvalue weighted by atomic mass is 35.5. The second kappa shape index (κ2) is 11.5. The van der Waals surface area contributed by atoms with Crippen molar-refractivity contribution in [1.29, 1.82) is 0 Å². The van der Waals surface area contributed by atoms with Crippen LogP contribution in [0, 0.1) is 0 Å². The van der Waals surface area contributed by atoms with Gasteiger partial charge in [-0.3, -0.25) is 4.57 Å². The van der Waals surface area contributed by atoms with Gasteiger partial charge >= 0.3 is 13.6 Å². The molecule has 0 saturated heterocycles. The molecular weight excluding hydrogens is 456 g/mol. The third-order valence-corrected chi connectivity index (χ3v) is 5.70. The summed E-state index contributed by atoms with van der Waals surface area (Å²) in [5.41, 5.74) is 0. The number of benzene rings is 1. The molecule has 0 N–H and O–H groups in total. The highest BCUT2D eigenvalue weighted by Gasteiger charge is 2.28. The van der Waals surface area contributed by atoms with Crippen LogP contribution in [0.4, 0.5) is 0 Å². The molecule has 0 bridgehead atoms. The van der Waals surface area contributed by atoms with Crippen LogP contribution in [0.25, 0.3) is 0 Å². The van der Waals surface area contributed by atoms with Crippen molar-refractivity contribution in [2.75, 3.05) is 19.6 Å². The Hall–Kier alpha value is -1.83. The third kappa shape index (κ3) is 7.45. The molecule has 164 valence electrons. The van der Waals surface area contributed by atoms with Gasteiger partial charge in [0.1, 0.15) is 16.5 Å². The van der Waals surface area contributed by atoms with Crippen LogP contribution in [0.15, 0.2) is 36.5 Å². The molecule has 2 rings (SSSR count). The SMILES string of the molecule is CCOP(=O)(COC(=O)C(C)Oc1ccc(Oc2ncc(Cl)cc2Cl)cc1)OCC. The molecule has 11 heteroatoms. The van der Waals surface area contributed by atoms with E-state index in [2.05, 4.69) is 4.98 Å². The van der Waals surface area contributed by atoms with Crippen LogP contribution in [0.1, 0.15) is 20.8 Å². The van der Waals surface area contributed by atoms with Gasteiger partial charge in [-0.1, -0.05) is 23.2 Å². The summed E-state index contributed by atoms with van der Waals surface area (Å²) in [7, 11) is -3.48. The number of ether oxygens (including phenoxy) is 3. The Balaban J connectivity index is 1.91. The van der Waals surface area contributed by atoms with Crippen molar-refractivity contribution in [3.63, 3.8) is 0 Å². The van der Waals surface area contributed by atoms with E-state index < -0.39 is 26.0 Å². The van der Waals surface area contributed by atoms with Crippen LogP contribution < -0.4 is 9.47 Å². The molecule has 1 aromatic carbocycles. The van der Waals surface area contributed by atoms with Crippen LogP contribution in [0.3, 0.4) is 0 Å². The van der Waals surface area contributed by atoms with Gasteiger partial charge in [-0.25, -0.2) is 9.78 Å². The lowest BCUT2D eigenvalue weighted by Gasteiger charge is -2.18. The lowest BCUT2D eigenvalue weighted by atomic mass is 10.3. The molecular formula is C19H22Cl2NO7P. The van der Waals surface area contributed by atoms with Gasteiger partial charge in [-0.2, -0.15) is 0 Å². The van der Waals surface area contributed by atoms with Crippen molar-refractivity contribution in [1.82, 2.24) is 4.98 Å². The number of aromatic nitrogens is 1. The van der Waals surface area contributed by atoms with Crippen molar-refractivity contribution in [2.24, 2.45) is 0 Å². The zero-order valence-electron chi connectivity index (χ0n) is 16.7. The zero-order valence-corrected chi connectivity index (χ0v) is 19.1. The number of rotatable bonds is 11. The summed E-state index contributed by atoms with van der Waals surface area (Å²) in [5, 5.41) is 0.673. The fourth-order valence-electron chi connectivity index (χ4n) is 2.19. The maximum atomic E-state index is 12.3. The maximum absolute atomic E-state index is 12.3. The molecule has 0 spiro atoms. The second-order valence-electron chi connectivity index (χ2n) is 5.81. The smallest absolute Gasteiger partial charge is 0.367 e. The Labute approximate surface area is 184 Å². The summed E-state index contributed by atoms with van der Waals surface area (Å²) in [6.07, 6.45) is -0.00680. The normalized spacial score (nSPS) is 12.3. The molecule has 0 saturated carbocycles. The number of esters is 1. The molecule has 30 heavy (non-hydrogen) atoms. The zero-order chi connectivity index (χ0) is 22.1. The molecule has 1 heterocycles. The largest absolute Gasteiger partial charge is 0.479 e. The van der Waals surface area contributed by atoms with E-state index in [4.69, 9.17) is 46.5 Å². The first-order valence-electron chi connectivity index (χ1n) is 9.06. The number of pyridine rings is 1. The molecule has 0 aliphatic carbocycles. The molecule has 0 aliphatic heterocycles. The monoisotopic (exact) mass is 477 g/mol. The second-order valence-corrected chi connectivity index (χ2v) is 8.65. The summed E-state index contributed by atoms with van der Waals surface area (Å²) in [6, 6.07) is 7.98. The summed E-state index contributed by atoms with van der Waals surface area (Å²) in [5.74, 6) is 0.371. The van der Waals surface area contributed by atoms with Gasteiger partial charge in [-0.15, -0.1) is 0 Å². The number of nitrogens with zero attached hydrogens (tertiary/aromatic N) is 1. The van der Waals surface area contributed by atoms with Crippen molar-refractivity contribution in [2.45, 2.75) is 26.9 Å². The predicted molar refractivity (Wildman–Crippen MR) is 113 cm³/mol.